The molecule has 3 rings (SSSR count). The number of rotatable bonds is 10. The number of hydrogen-bond donors (Lipinski definition) is 1. The van der Waals surface area contributed by atoms with Crippen molar-refractivity contribution in [1.82, 2.24) is 10.3 Å². The third kappa shape index (κ3) is 6.73. The Bertz CT molecular complexity index is 1100. The molecule has 0 aliphatic heterocycles. The standard InChI is InChI=1S/C25H27FN4O2S/c1-3-29(21-10-5-4-6-11-21)17-9-16-27-24(32)15-14-20-18-33-25(28-20)30(19(2)31)23-13-8-7-12-22(23)26/h4-8,10-15,18H,3,9,16-17H2,1-2H3,(H,27,32)/b15-14+. The van der Waals surface area contributed by atoms with Crippen LogP contribution in [0.4, 0.5) is 20.9 Å². The lowest BCUT2D eigenvalue weighted by Gasteiger charge is -2.23. The zero-order valence-electron chi connectivity index (χ0n) is 18.7. The molecule has 0 aliphatic carbocycles. The van der Waals surface area contributed by atoms with Gasteiger partial charge in [-0.15, -0.1) is 11.3 Å². The largest absolute Gasteiger partial charge is 0.372 e. The number of thiazole rings is 1. The summed E-state index contributed by atoms with van der Waals surface area (Å²) in [5, 5.41) is 4.93. The molecule has 1 N–H and O–H groups in total. The van der Waals surface area contributed by atoms with E-state index in [2.05, 4.69) is 34.3 Å². The van der Waals surface area contributed by atoms with Crippen molar-refractivity contribution < 1.29 is 14.0 Å². The van der Waals surface area contributed by atoms with Gasteiger partial charge in [-0.25, -0.2) is 9.37 Å². The topological polar surface area (TPSA) is 65.5 Å². The Morgan fingerprint density at radius 3 is 2.55 bits per heavy atom. The highest BCUT2D eigenvalue weighted by Gasteiger charge is 2.20. The Labute approximate surface area is 197 Å². The lowest BCUT2D eigenvalue weighted by atomic mass is 10.2. The number of hydrogen-bond acceptors (Lipinski definition) is 5. The number of benzene rings is 2. The molecule has 2 aromatic carbocycles. The van der Waals surface area contributed by atoms with Gasteiger partial charge >= 0.3 is 0 Å². The molecule has 0 saturated carbocycles. The first kappa shape index (κ1) is 24.1. The van der Waals surface area contributed by atoms with Gasteiger partial charge in [-0.2, -0.15) is 0 Å². The van der Waals surface area contributed by atoms with Gasteiger partial charge in [0.05, 0.1) is 11.4 Å². The van der Waals surface area contributed by atoms with Gasteiger partial charge in [-0.3, -0.25) is 14.5 Å². The summed E-state index contributed by atoms with van der Waals surface area (Å²) in [5.41, 5.74) is 1.83. The molecule has 172 valence electrons. The van der Waals surface area contributed by atoms with E-state index in [0.717, 1.165) is 19.5 Å². The second-order valence-corrected chi connectivity index (χ2v) is 8.09. The molecule has 0 radical (unpaired) electrons. The first-order valence-corrected chi connectivity index (χ1v) is 11.6. The molecular weight excluding hydrogens is 439 g/mol. The van der Waals surface area contributed by atoms with Crippen molar-refractivity contribution in [2.45, 2.75) is 20.3 Å². The average molecular weight is 467 g/mol. The summed E-state index contributed by atoms with van der Waals surface area (Å²) in [6.45, 7) is 5.76. The molecule has 0 aliphatic rings. The Morgan fingerprint density at radius 2 is 1.85 bits per heavy atom. The fourth-order valence-corrected chi connectivity index (χ4v) is 4.15. The van der Waals surface area contributed by atoms with Crippen molar-refractivity contribution in [3.8, 4) is 0 Å². The molecular formula is C25H27FN4O2S. The van der Waals surface area contributed by atoms with Gasteiger partial charge in [0.2, 0.25) is 11.8 Å². The van der Waals surface area contributed by atoms with Crippen LogP contribution in [0.25, 0.3) is 6.08 Å². The Hall–Kier alpha value is -3.52. The van der Waals surface area contributed by atoms with Gasteiger partial charge in [0.25, 0.3) is 0 Å². The van der Waals surface area contributed by atoms with Gasteiger partial charge in [-0.1, -0.05) is 30.3 Å². The molecule has 33 heavy (non-hydrogen) atoms. The van der Waals surface area contributed by atoms with Crippen molar-refractivity contribution in [3.05, 3.63) is 77.6 Å². The summed E-state index contributed by atoms with van der Waals surface area (Å²) in [7, 11) is 0. The minimum atomic E-state index is -0.506. The molecule has 0 fully saturated rings. The van der Waals surface area contributed by atoms with Gasteiger partial charge in [0.1, 0.15) is 5.82 Å². The summed E-state index contributed by atoms with van der Waals surface area (Å²) in [5.74, 6) is -1.07. The Balaban J connectivity index is 1.52. The zero-order chi connectivity index (χ0) is 23.6. The van der Waals surface area contributed by atoms with Crippen molar-refractivity contribution in [2.75, 3.05) is 29.4 Å². The Morgan fingerprint density at radius 1 is 1.12 bits per heavy atom. The third-order valence-electron chi connectivity index (χ3n) is 4.92. The van der Waals surface area contributed by atoms with Crippen molar-refractivity contribution in [1.29, 1.82) is 0 Å². The average Bonchev–Trinajstić information content (AvgIpc) is 3.28. The summed E-state index contributed by atoms with van der Waals surface area (Å²) < 4.78 is 14.2. The zero-order valence-corrected chi connectivity index (χ0v) is 19.5. The van der Waals surface area contributed by atoms with E-state index >= 15 is 0 Å². The summed E-state index contributed by atoms with van der Waals surface area (Å²) >= 11 is 1.21. The number of para-hydroxylation sites is 2. The van der Waals surface area contributed by atoms with Gasteiger partial charge in [-0.05, 0) is 43.7 Å². The second kappa shape index (κ2) is 11.9. The van der Waals surface area contributed by atoms with E-state index in [9.17, 15) is 14.0 Å². The first-order valence-electron chi connectivity index (χ1n) is 10.8. The predicted octanol–water partition coefficient (Wildman–Crippen LogP) is 5.01. The SMILES string of the molecule is CCN(CCCNC(=O)/C=C/c1csc(N(C(C)=O)c2ccccc2F)n1)c1ccccc1. The molecule has 0 saturated heterocycles. The van der Waals surface area contributed by atoms with Gasteiger partial charge < -0.3 is 10.2 Å². The molecule has 3 aromatic rings. The van der Waals surface area contributed by atoms with Crippen LogP contribution in [0.15, 0.2) is 66.1 Å². The number of anilines is 3. The van der Waals surface area contributed by atoms with Gasteiger partial charge in [0, 0.05) is 43.7 Å². The molecule has 0 bridgehead atoms. The highest BCUT2D eigenvalue weighted by molar-refractivity contribution is 7.14. The van der Waals surface area contributed by atoms with Crippen LogP contribution in [0.2, 0.25) is 0 Å². The molecule has 0 atom stereocenters. The molecule has 2 amide bonds. The van der Waals surface area contributed by atoms with E-state index < -0.39 is 5.82 Å². The number of nitrogens with one attached hydrogen (secondary N) is 1. The van der Waals surface area contributed by atoms with Crippen LogP contribution in [-0.4, -0.2) is 36.4 Å². The minimum Gasteiger partial charge on any atom is -0.372 e. The summed E-state index contributed by atoms with van der Waals surface area (Å²) in [6.07, 6.45) is 3.81. The lowest BCUT2D eigenvalue weighted by molar-refractivity contribution is -0.117. The van der Waals surface area contributed by atoms with Crippen LogP contribution >= 0.6 is 11.3 Å². The normalized spacial score (nSPS) is 10.9. The summed E-state index contributed by atoms with van der Waals surface area (Å²) in [6, 6.07) is 16.2. The highest BCUT2D eigenvalue weighted by atomic mass is 32.1. The molecule has 1 aromatic heterocycles. The molecule has 6 nitrogen and oxygen atoms in total. The fourth-order valence-electron chi connectivity index (χ4n) is 3.31. The fraction of sp³-hybridized carbons (Fsp3) is 0.240. The highest BCUT2D eigenvalue weighted by Crippen LogP contribution is 2.30. The number of aromatic nitrogens is 1. The van der Waals surface area contributed by atoms with Crippen molar-refractivity contribution in [3.63, 3.8) is 0 Å². The number of carbonyl (C=O) groups excluding carboxylic acids is 2. The van der Waals surface area contributed by atoms with E-state index in [1.165, 1.54) is 47.1 Å². The van der Waals surface area contributed by atoms with E-state index in [1.807, 2.05) is 18.2 Å². The smallest absolute Gasteiger partial charge is 0.244 e. The number of nitrogens with zero attached hydrogens (tertiary/aromatic N) is 3. The van der Waals surface area contributed by atoms with E-state index in [4.69, 9.17) is 0 Å². The number of carbonyl (C=O) groups is 2. The monoisotopic (exact) mass is 466 g/mol. The van der Waals surface area contributed by atoms with Crippen LogP contribution in [-0.2, 0) is 9.59 Å². The second-order valence-electron chi connectivity index (χ2n) is 7.25. The van der Waals surface area contributed by atoms with Gasteiger partial charge in [0.15, 0.2) is 5.13 Å². The summed E-state index contributed by atoms with van der Waals surface area (Å²) in [4.78, 5) is 32.1. The van der Waals surface area contributed by atoms with Crippen LogP contribution in [0.3, 0.4) is 0 Å². The molecule has 1 heterocycles. The van der Waals surface area contributed by atoms with E-state index in [0.29, 0.717) is 17.4 Å². The maximum Gasteiger partial charge on any atom is 0.244 e. The number of halogens is 1. The Kier molecular flexibility index (Phi) is 8.71. The minimum absolute atomic E-state index is 0.143. The first-order chi connectivity index (χ1) is 16.0. The van der Waals surface area contributed by atoms with E-state index in [-0.39, 0.29) is 17.5 Å². The van der Waals surface area contributed by atoms with Crippen molar-refractivity contribution >= 4 is 45.7 Å². The molecule has 8 heteroatoms. The molecule has 0 unspecified atom stereocenters. The number of amides is 2. The maximum absolute atomic E-state index is 14.2. The van der Waals surface area contributed by atoms with Crippen LogP contribution in [0.5, 0.6) is 0 Å². The predicted molar refractivity (Wildman–Crippen MR) is 132 cm³/mol. The van der Waals surface area contributed by atoms with E-state index in [1.54, 1.807) is 23.6 Å². The maximum atomic E-state index is 14.2. The van der Waals surface area contributed by atoms with Crippen LogP contribution in [0.1, 0.15) is 26.0 Å². The van der Waals surface area contributed by atoms with Crippen LogP contribution in [0, 0.1) is 5.82 Å². The molecule has 0 spiro atoms. The quantitative estimate of drug-likeness (QED) is 0.337. The lowest BCUT2D eigenvalue weighted by Crippen LogP contribution is -2.29. The van der Waals surface area contributed by atoms with Crippen LogP contribution < -0.4 is 15.1 Å². The van der Waals surface area contributed by atoms with Crippen molar-refractivity contribution in [2.24, 2.45) is 0 Å². The third-order valence-corrected chi connectivity index (χ3v) is 5.77.